The minimum atomic E-state index is -4.14. The van der Waals surface area contributed by atoms with E-state index in [4.69, 9.17) is 23.2 Å². The fourth-order valence-electron chi connectivity index (χ4n) is 4.22. The summed E-state index contributed by atoms with van der Waals surface area (Å²) in [4.78, 5) is 28.7. The maximum atomic E-state index is 14.1. The summed E-state index contributed by atoms with van der Waals surface area (Å²) in [6, 6.07) is 17.5. The molecule has 0 heterocycles. The smallest absolute Gasteiger partial charge is 0.264 e. The van der Waals surface area contributed by atoms with Crippen molar-refractivity contribution in [1.82, 2.24) is 10.2 Å². The molecule has 3 aromatic carbocycles. The standard InChI is InChI=1S/C30H35Cl2N3O4S/c1-5-18-33-30(37)28(6-2)34(19-25-26(31)8-7-9-27(25)32)29(36)20-35(23-14-10-21(3)11-15-23)40(38,39)24-16-12-22(4)13-17-24/h7-17,28H,5-6,18-20H2,1-4H3,(H,33,37). The van der Waals surface area contributed by atoms with Crippen LogP contribution in [-0.2, 0) is 26.2 Å². The summed E-state index contributed by atoms with van der Waals surface area (Å²) in [6.45, 7) is 7.34. The zero-order valence-corrected chi connectivity index (χ0v) is 25.5. The molecular formula is C30H35Cl2N3O4S. The fraction of sp³-hybridized carbons (Fsp3) is 0.333. The number of carbonyl (C=O) groups is 2. The summed E-state index contributed by atoms with van der Waals surface area (Å²) in [7, 11) is -4.14. The molecule has 40 heavy (non-hydrogen) atoms. The SMILES string of the molecule is CCCNC(=O)C(CC)N(Cc1c(Cl)cccc1Cl)C(=O)CN(c1ccc(C)cc1)S(=O)(=O)c1ccc(C)cc1. The van der Waals surface area contributed by atoms with Gasteiger partial charge in [0, 0.05) is 28.7 Å². The van der Waals surface area contributed by atoms with Gasteiger partial charge in [-0.1, -0.05) is 78.5 Å². The van der Waals surface area contributed by atoms with Crippen LogP contribution in [0.1, 0.15) is 43.4 Å². The highest BCUT2D eigenvalue weighted by molar-refractivity contribution is 7.92. The zero-order chi connectivity index (χ0) is 29.4. The van der Waals surface area contributed by atoms with E-state index in [0.717, 1.165) is 21.9 Å². The maximum Gasteiger partial charge on any atom is 0.264 e. The number of nitrogens with zero attached hydrogens (tertiary/aromatic N) is 2. The van der Waals surface area contributed by atoms with Crippen molar-refractivity contribution < 1.29 is 18.0 Å². The molecular weight excluding hydrogens is 569 g/mol. The number of nitrogens with one attached hydrogen (secondary N) is 1. The van der Waals surface area contributed by atoms with Crippen molar-refractivity contribution in [2.75, 3.05) is 17.4 Å². The van der Waals surface area contributed by atoms with Crippen LogP contribution in [0, 0.1) is 13.8 Å². The van der Waals surface area contributed by atoms with E-state index in [0.29, 0.717) is 34.3 Å². The predicted octanol–water partition coefficient (Wildman–Crippen LogP) is 6.14. The number of benzene rings is 3. The van der Waals surface area contributed by atoms with Gasteiger partial charge < -0.3 is 10.2 Å². The van der Waals surface area contributed by atoms with E-state index in [-0.39, 0.29) is 17.3 Å². The molecule has 10 heteroatoms. The largest absolute Gasteiger partial charge is 0.354 e. The molecule has 214 valence electrons. The second-order valence-corrected chi connectivity index (χ2v) is 12.3. The average molecular weight is 605 g/mol. The molecule has 0 bridgehead atoms. The molecule has 0 spiro atoms. The first-order valence-electron chi connectivity index (χ1n) is 13.2. The Labute approximate surface area is 247 Å². The van der Waals surface area contributed by atoms with Crippen LogP contribution >= 0.6 is 23.2 Å². The van der Waals surface area contributed by atoms with Gasteiger partial charge in [0.1, 0.15) is 12.6 Å². The second-order valence-electron chi connectivity index (χ2n) is 9.60. The number of amides is 2. The van der Waals surface area contributed by atoms with E-state index in [1.807, 2.05) is 20.8 Å². The van der Waals surface area contributed by atoms with Gasteiger partial charge in [0.2, 0.25) is 11.8 Å². The van der Waals surface area contributed by atoms with Crippen molar-refractivity contribution in [1.29, 1.82) is 0 Å². The lowest BCUT2D eigenvalue weighted by molar-refractivity contribution is -0.140. The van der Waals surface area contributed by atoms with Crippen LogP contribution in [0.3, 0.4) is 0 Å². The molecule has 0 aliphatic carbocycles. The Morgan fingerprint density at radius 1 is 0.875 bits per heavy atom. The van der Waals surface area contributed by atoms with Gasteiger partial charge in [-0.05, 0) is 63.1 Å². The predicted molar refractivity (Wildman–Crippen MR) is 161 cm³/mol. The van der Waals surface area contributed by atoms with E-state index in [2.05, 4.69) is 5.32 Å². The summed E-state index contributed by atoms with van der Waals surface area (Å²) in [5.41, 5.74) is 2.66. The van der Waals surface area contributed by atoms with Gasteiger partial charge in [0.25, 0.3) is 10.0 Å². The topological polar surface area (TPSA) is 86.8 Å². The lowest BCUT2D eigenvalue weighted by Crippen LogP contribution is -2.52. The summed E-state index contributed by atoms with van der Waals surface area (Å²) in [5.74, 6) is -0.894. The van der Waals surface area contributed by atoms with Gasteiger partial charge in [-0.15, -0.1) is 0 Å². The van der Waals surface area contributed by atoms with Crippen molar-refractivity contribution in [3.05, 3.63) is 93.5 Å². The van der Waals surface area contributed by atoms with Gasteiger partial charge >= 0.3 is 0 Å². The Balaban J connectivity index is 2.08. The second kappa shape index (κ2) is 14.0. The van der Waals surface area contributed by atoms with Crippen LogP contribution in [0.5, 0.6) is 0 Å². The first-order valence-corrected chi connectivity index (χ1v) is 15.3. The van der Waals surface area contributed by atoms with Crippen LogP contribution < -0.4 is 9.62 Å². The Morgan fingerprint density at radius 3 is 1.95 bits per heavy atom. The quantitative estimate of drug-likeness (QED) is 0.269. The molecule has 3 rings (SSSR count). The maximum absolute atomic E-state index is 14.1. The minimum Gasteiger partial charge on any atom is -0.354 e. The minimum absolute atomic E-state index is 0.0555. The van der Waals surface area contributed by atoms with E-state index < -0.39 is 28.5 Å². The molecule has 7 nitrogen and oxygen atoms in total. The van der Waals surface area contributed by atoms with Crippen LogP contribution in [0.2, 0.25) is 10.0 Å². The fourth-order valence-corrected chi connectivity index (χ4v) is 6.15. The van der Waals surface area contributed by atoms with E-state index in [9.17, 15) is 18.0 Å². The molecule has 1 atom stereocenters. The normalized spacial score (nSPS) is 12.1. The van der Waals surface area contributed by atoms with Gasteiger partial charge in [-0.2, -0.15) is 0 Å². The number of aryl methyl sites for hydroxylation is 2. The molecule has 1 unspecified atom stereocenters. The van der Waals surface area contributed by atoms with Crippen LogP contribution in [0.15, 0.2) is 71.6 Å². The molecule has 0 saturated carbocycles. The average Bonchev–Trinajstić information content (AvgIpc) is 2.92. The third kappa shape index (κ3) is 7.56. The Bertz CT molecular complexity index is 1410. The molecule has 2 amide bonds. The highest BCUT2D eigenvalue weighted by atomic mass is 35.5. The van der Waals surface area contributed by atoms with Crippen molar-refractivity contribution in [3.63, 3.8) is 0 Å². The van der Waals surface area contributed by atoms with E-state index in [1.54, 1.807) is 61.5 Å². The molecule has 1 N–H and O–H groups in total. The number of anilines is 1. The first-order chi connectivity index (χ1) is 19.0. The third-order valence-corrected chi connectivity index (χ3v) is 9.03. The van der Waals surface area contributed by atoms with Gasteiger partial charge in [0.15, 0.2) is 0 Å². The molecule has 0 aliphatic heterocycles. The van der Waals surface area contributed by atoms with Crippen LogP contribution in [-0.4, -0.2) is 44.3 Å². The molecule has 0 saturated heterocycles. The number of hydrogen-bond donors (Lipinski definition) is 1. The lowest BCUT2D eigenvalue weighted by atomic mass is 10.1. The van der Waals surface area contributed by atoms with Crippen LogP contribution in [0.4, 0.5) is 5.69 Å². The van der Waals surface area contributed by atoms with E-state index >= 15 is 0 Å². The summed E-state index contributed by atoms with van der Waals surface area (Å²) in [6.07, 6.45) is 1.03. The number of rotatable bonds is 12. The molecule has 0 aromatic heterocycles. The summed E-state index contributed by atoms with van der Waals surface area (Å²) in [5, 5.41) is 3.54. The van der Waals surface area contributed by atoms with E-state index in [1.165, 1.54) is 17.0 Å². The van der Waals surface area contributed by atoms with Crippen molar-refractivity contribution in [2.45, 2.75) is 58.0 Å². The first kappa shape index (κ1) is 31.5. The summed E-state index contributed by atoms with van der Waals surface area (Å²) < 4.78 is 28.9. The molecule has 3 aromatic rings. The summed E-state index contributed by atoms with van der Waals surface area (Å²) >= 11 is 12.9. The Hall–Kier alpha value is -3.07. The van der Waals surface area contributed by atoms with Gasteiger partial charge in [0.05, 0.1) is 10.6 Å². The number of hydrogen-bond acceptors (Lipinski definition) is 4. The van der Waals surface area contributed by atoms with Gasteiger partial charge in [-0.25, -0.2) is 8.42 Å². The number of sulfonamides is 1. The molecule has 0 aliphatic rings. The zero-order valence-electron chi connectivity index (χ0n) is 23.2. The highest BCUT2D eigenvalue weighted by Crippen LogP contribution is 2.29. The third-order valence-electron chi connectivity index (χ3n) is 6.54. The molecule has 0 radical (unpaired) electrons. The Morgan fingerprint density at radius 2 is 1.43 bits per heavy atom. The highest BCUT2D eigenvalue weighted by Gasteiger charge is 2.34. The van der Waals surface area contributed by atoms with Crippen molar-refractivity contribution in [2.24, 2.45) is 0 Å². The Kier molecular flexibility index (Phi) is 11.0. The van der Waals surface area contributed by atoms with Crippen molar-refractivity contribution >= 4 is 50.7 Å². The van der Waals surface area contributed by atoms with Gasteiger partial charge in [-0.3, -0.25) is 13.9 Å². The van der Waals surface area contributed by atoms with Crippen LogP contribution in [0.25, 0.3) is 0 Å². The number of carbonyl (C=O) groups excluding carboxylic acids is 2. The van der Waals surface area contributed by atoms with Crippen molar-refractivity contribution in [3.8, 4) is 0 Å². The number of halogens is 2. The molecule has 0 fully saturated rings. The monoisotopic (exact) mass is 603 g/mol. The lowest BCUT2D eigenvalue weighted by Gasteiger charge is -2.33.